The van der Waals surface area contributed by atoms with Gasteiger partial charge >= 0.3 is 6.09 Å². The minimum atomic E-state index is -0.581. The van der Waals surface area contributed by atoms with E-state index in [1.165, 1.54) is 25.2 Å². The van der Waals surface area contributed by atoms with Gasteiger partial charge < -0.3 is 14.2 Å². The Balaban J connectivity index is 1.83. The molecule has 0 saturated carbocycles. The number of carbonyl (C=O) groups excluding carboxylic acids is 1. The molecule has 3 rings (SSSR count). The van der Waals surface area contributed by atoms with Crippen molar-refractivity contribution >= 4 is 23.4 Å². The maximum absolute atomic E-state index is 12.7. The van der Waals surface area contributed by atoms with E-state index in [1.807, 2.05) is 36.4 Å². The molecule has 0 atom stereocenters. The topological polar surface area (TPSA) is 60.9 Å². The monoisotopic (exact) mass is 398 g/mol. The number of carbonyl (C=O) groups is 1. The molecule has 0 bridgehead atoms. The molecule has 7 heteroatoms. The maximum atomic E-state index is 12.7. The summed E-state index contributed by atoms with van der Waals surface area (Å²) >= 11 is 6.14. The lowest BCUT2D eigenvalue weighted by Gasteiger charge is -2.19. The number of ether oxygens (including phenoxy) is 3. The summed E-state index contributed by atoms with van der Waals surface area (Å²) in [6.07, 6.45) is 2.90. The highest BCUT2D eigenvalue weighted by atomic mass is 35.5. The Kier molecular flexibility index (Phi) is 6.01. The third kappa shape index (κ3) is 4.18. The summed E-state index contributed by atoms with van der Waals surface area (Å²) in [4.78, 5) is 18.2. The van der Waals surface area contributed by atoms with E-state index >= 15 is 0 Å². The summed E-state index contributed by atoms with van der Waals surface area (Å²) in [7, 11) is 4.60. The fourth-order valence-corrected chi connectivity index (χ4v) is 2.84. The van der Waals surface area contributed by atoms with E-state index in [-0.39, 0.29) is 5.75 Å². The SMILES string of the molecule is COc1cc(OC)c(OC(=O)N(C)c2cccc(-c3cccnc3)c2)cc1Cl. The summed E-state index contributed by atoms with van der Waals surface area (Å²) in [5.41, 5.74) is 2.56. The lowest BCUT2D eigenvalue weighted by atomic mass is 10.1. The minimum absolute atomic E-state index is 0.202. The van der Waals surface area contributed by atoms with Gasteiger partial charge in [-0.15, -0.1) is 0 Å². The first-order chi connectivity index (χ1) is 13.5. The third-order valence-corrected chi connectivity index (χ3v) is 4.43. The van der Waals surface area contributed by atoms with Gasteiger partial charge in [-0.2, -0.15) is 0 Å². The van der Waals surface area contributed by atoms with Crippen LogP contribution < -0.4 is 19.1 Å². The molecule has 0 unspecified atom stereocenters. The first kappa shape index (κ1) is 19.5. The van der Waals surface area contributed by atoms with Crippen LogP contribution in [0.2, 0.25) is 5.02 Å². The fraction of sp³-hybridized carbons (Fsp3) is 0.143. The van der Waals surface area contributed by atoms with E-state index in [0.717, 1.165) is 11.1 Å². The molecule has 0 saturated heterocycles. The Morgan fingerprint density at radius 3 is 2.39 bits per heavy atom. The third-order valence-electron chi connectivity index (χ3n) is 4.14. The summed E-state index contributed by atoms with van der Waals surface area (Å²) in [5.74, 6) is 0.969. The van der Waals surface area contributed by atoms with Gasteiger partial charge in [0, 0.05) is 42.8 Å². The van der Waals surface area contributed by atoms with Crippen LogP contribution in [0.3, 0.4) is 0 Å². The van der Waals surface area contributed by atoms with Crippen molar-refractivity contribution in [1.29, 1.82) is 0 Å². The molecule has 2 aromatic carbocycles. The van der Waals surface area contributed by atoms with Gasteiger partial charge in [0.2, 0.25) is 0 Å². The number of hydrogen-bond acceptors (Lipinski definition) is 5. The number of nitrogens with zero attached hydrogens (tertiary/aromatic N) is 2. The zero-order chi connectivity index (χ0) is 20.1. The maximum Gasteiger partial charge on any atom is 0.419 e. The van der Waals surface area contributed by atoms with Crippen molar-refractivity contribution in [1.82, 2.24) is 4.98 Å². The second kappa shape index (κ2) is 8.63. The molecule has 0 fully saturated rings. The summed E-state index contributed by atoms with van der Waals surface area (Å²) in [5, 5.41) is 0.312. The van der Waals surface area contributed by atoms with E-state index in [4.69, 9.17) is 25.8 Å². The number of aromatic nitrogens is 1. The van der Waals surface area contributed by atoms with Crippen molar-refractivity contribution in [3.63, 3.8) is 0 Å². The van der Waals surface area contributed by atoms with Crippen LogP contribution in [-0.2, 0) is 0 Å². The molecule has 0 radical (unpaired) electrons. The summed E-state index contributed by atoms with van der Waals surface area (Å²) in [6.45, 7) is 0. The van der Waals surface area contributed by atoms with Crippen LogP contribution in [-0.4, -0.2) is 32.3 Å². The lowest BCUT2D eigenvalue weighted by molar-refractivity contribution is 0.207. The molecule has 144 valence electrons. The molecule has 3 aromatic rings. The van der Waals surface area contributed by atoms with Gasteiger partial charge in [0.1, 0.15) is 5.75 Å². The van der Waals surface area contributed by atoms with E-state index in [9.17, 15) is 4.79 Å². The van der Waals surface area contributed by atoms with Crippen LogP contribution in [0.1, 0.15) is 0 Å². The van der Waals surface area contributed by atoms with Crippen LogP contribution in [0, 0.1) is 0 Å². The van der Waals surface area contributed by atoms with Crippen molar-refractivity contribution < 1.29 is 19.0 Å². The summed E-state index contributed by atoms with van der Waals surface area (Å²) < 4.78 is 15.9. The average molecular weight is 399 g/mol. The van der Waals surface area contributed by atoms with Crippen LogP contribution in [0.5, 0.6) is 17.2 Å². The molecule has 6 nitrogen and oxygen atoms in total. The van der Waals surface area contributed by atoms with E-state index in [0.29, 0.717) is 22.2 Å². The Labute approximate surface area is 168 Å². The molecule has 0 N–H and O–H groups in total. The normalized spacial score (nSPS) is 10.3. The van der Waals surface area contributed by atoms with Gasteiger partial charge in [0.05, 0.1) is 19.2 Å². The molecule has 1 amide bonds. The molecule has 1 aromatic heterocycles. The number of hydrogen-bond donors (Lipinski definition) is 0. The first-order valence-electron chi connectivity index (χ1n) is 8.41. The number of rotatable bonds is 5. The number of halogens is 1. The second-order valence-corrected chi connectivity index (χ2v) is 6.26. The number of methoxy groups -OCH3 is 2. The van der Waals surface area contributed by atoms with E-state index in [2.05, 4.69) is 4.98 Å². The number of benzene rings is 2. The van der Waals surface area contributed by atoms with Gasteiger partial charge in [-0.25, -0.2) is 4.79 Å². The fourth-order valence-electron chi connectivity index (χ4n) is 2.61. The zero-order valence-electron chi connectivity index (χ0n) is 15.7. The molecule has 28 heavy (non-hydrogen) atoms. The van der Waals surface area contributed by atoms with Crippen molar-refractivity contribution in [2.75, 3.05) is 26.2 Å². The largest absolute Gasteiger partial charge is 0.495 e. The van der Waals surface area contributed by atoms with Gasteiger partial charge in [-0.3, -0.25) is 9.88 Å². The van der Waals surface area contributed by atoms with Crippen molar-refractivity contribution in [2.24, 2.45) is 0 Å². The minimum Gasteiger partial charge on any atom is -0.495 e. The predicted molar refractivity (Wildman–Crippen MR) is 109 cm³/mol. The highest BCUT2D eigenvalue weighted by Gasteiger charge is 2.18. The highest BCUT2D eigenvalue weighted by molar-refractivity contribution is 6.32. The van der Waals surface area contributed by atoms with Crippen LogP contribution >= 0.6 is 11.6 Å². The van der Waals surface area contributed by atoms with Gasteiger partial charge in [-0.05, 0) is 23.8 Å². The Morgan fingerprint density at radius 2 is 1.71 bits per heavy atom. The molecule has 1 heterocycles. The highest BCUT2D eigenvalue weighted by Crippen LogP contribution is 2.38. The molecule has 0 spiro atoms. The number of anilines is 1. The molecule has 0 aliphatic carbocycles. The van der Waals surface area contributed by atoms with Crippen molar-refractivity contribution in [3.05, 3.63) is 65.9 Å². The van der Waals surface area contributed by atoms with Crippen LogP contribution in [0.15, 0.2) is 60.9 Å². The lowest BCUT2D eigenvalue weighted by Crippen LogP contribution is -2.29. The zero-order valence-corrected chi connectivity index (χ0v) is 16.4. The summed E-state index contributed by atoms with van der Waals surface area (Å²) in [6, 6.07) is 14.4. The van der Waals surface area contributed by atoms with Gasteiger partial charge in [0.15, 0.2) is 11.5 Å². The van der Waals surface area contributed by atoms with E-state index < -0.39 is 6.09 Å². The van der Waals surface area contributed by atoms with Crippen molar-refractivity contribution in [3.8, 4) is 28.4 Å². The van der Waals surface area contributed by atoms with Gasteiger partial charge in [-0.1, -0.05) is 29.8 Å². The number of pyridine rings is 1. The van der Waals surface area contributed by atoms with Crippen LogP contribution in [0.4, 0.5) is 10.5 Å². The Bertz CT molecular complexity index is 979. The first-order valence-corrected chi connectivity index (χ1v) is 8.78. The molecular weight excluding hydrogens is 380 g/mol. The number of amides is 1. The van der Waals surface area contributed by atoms with Crippen molar-refractivity contribution in [2.45, 2.75) is 0 Å². The molecule has 0 aliphatic rings. The smallest absolute Gasteiger partial charge is 0.419 e. The Morgan fingerprint density at radius 1 is 0.964 bits per heavy atom. The molecular formula is C21H19ClN2O4. The predicted octanol–water partition coefficient (Wildman–Crippen LogP) is 5.05. The van der Waals surface area contributed by atoms with Crippen LogP contribution in [0.25, 0.3) is 11.1 Å². The van der Waals surface area contributed by atoms with Gasteiger partial charge in [0.25, 0.3) is 0 Å². The average Bonchev–Trinajstić information content (AvgIpc) is 2.74. The Hall–Kier alpha value is -3.25. The molecule has 0 aliphatic heterocycles. The standard InChI is InChI=1S/C21H19ClN2O4/c1-24(16-8-4-6-14(10-16)15-7-5-9-23-13-15)21(25)28-20-11-17(22)18(26-2)12-19(20)27-3/h4-13H,1-3H3. The quantitative estimate of drug-likeness (QED) is 0.601. The second-order valence-electron chi connectivity index (χ2n) is 5.86. The van der Waals surface area contributed by atoms with E-state index in [1.54, 1.807) is 25.5 Å².